The Hall–Kier alpha value is -3.38. The normalized spacial score (nSPS) is 12.2. The number of carboxylic acids is 1. The number of nitrogens with one attached hydrogen (secondary N) is 2. The lowest BCUT2D eigenvalue weighted by molar-refractivity contribution is -0.139. The van der Waals surface area contributed by atoms with Gasteiger partial charge in [0.2, 0.25) is 0 Å². The lowest BCUT2D eigenvalue weighted by atomic mass is 10.1. The Morgan fingerprint density at radius 1 is 0.909 bits per heavy atom. The molecular formula is C27H34N2O4. The Morgan fingerprint density at radius 3 is 2.24 bits per heavy atom. The molecule has 3 aromatic carbocycles. The van der Waals surface area contributed by atoms with Crippen LogP contribution < -0.4 is 15.4 Å². The fourth-order valence-electron chi connectivity index (χ4n) is 3.04. The molecule has 3 N–H and O–H groups in total. The average molecular weight is 451 g/mol. The number of carboxylic acid groups (broad SMARTS) is 1. The molecule has 0 heterocycles. The number of para-hydroxylation sites is 1. The molecule has 0 aliphatic heterocycles. The second-order valence-corrected chi connectivity index (χ2v) is 7.85. The van der Waals surface area contributed by atoms with Gasteiger partial charge >= 0.3 is 5.97 Å². The summed E-state index contributed by atoms with van der Waals surface area (Å²) in [6.07, 6.45) is 2.83. The minimum Gasteiger partial charge on any atom is -0.481 e. The van der Waals surface area contributed by atoms with Gasteiger partial charge in [-0.3, -0.25) is 9.59 Å². The zero-order valence-electron chi connectivity index (χ0n) is 19.6. The molecule has 0 saturated heterocycles. The van der Waals surface area contributed by atoms with E-state index >= 15 is 0 Å². The number of hydrogen-bond donors (Lipinski definition) is 3. The predicted octanol–water partition coefficient (Wildman–Crippen LogP) is 5.49. The fraction of sp³-hybridized carbons (Fsp3) is 0.333. The smallest absolute Gasteiger partial charge is 0.320 e. The van der Waals surface area contributed by atoms with E-state index in [1.807, 2.05) is 72.8 Å². The third-order valence-corrected chi connectivity index (χ3v) is 5.05. The van der Waals surface area contributed by atoms with Crippen LogP contribution in [0.1, 0.15) is 40.0 Å². The Kier molecular flexibility index (Phi) is 10.9. The second kappa shape index (κ2) is 13.9. The van der Waals surface area contributed by atoms with Crippen molar-refractivity contribution >= 4 is 28.3 Å². The van der Waals surface area contributed by atoms with Crippen LogP contribution >= 0.6 is 0 Å². The number of anilines is 1. The van der Waals surface area contributed by atoms with Crippen molar-refractivity contribution in [2.75, 3.05) is 11.9 Å². The number of benzene rings is 3. The molecule has 6 heteroatoms. The van der Waals surface area contributed by atoms with E-state index in [0.717, 1.165) is 29.4 Å². The number of fused-ring (bicyclic) bond motifs is 1. The molecule has 0 radical (unpaired) electrons. The molecule has 0 saturated carbocycles. The maximum absolute atomic E-state index is 12.1. The van der Waals surface area contributed by atoms with Gasteiger partial charge in [-0.25, -0.2) is 0 Å². The van der Waals surface area contributed by atoms with Crippen LogP contribution in [-0.4, -0.2) is 35.7 Å². The summed E-state index contributed by atoms with van der Waals surface area (Å²) in [5.74, 6) is -0.254. The summed E-state index contributed by atoms with van der Waals surface area (Å²) in [7, 11) is 0. The molecule has 33 heavy (non-hydrogen) atoms. The summed E-state index contributed by atoms with van der Waals surface area (Å²) >= 11 is 0. The van der Waals surface area contributed by atoms with Gasteiger partial charge in [-0.2, -0.15) is 0 Å². The standard InChI is InChI=1S/C19H17NO2.C8H17NO2/c1-14(19(21)20-17-9-3-2-4-10-17)22-18-12-11-15-7-5-6-8-16(15)13-18;1-3-4-5-6-9-7(2)8(10)11/h2-14H,1H3,(H,20,21);7,9H,3-6H2,1-2H3,(H,10,11). The average Bonchev–Trinajstić information content (AvgIpc) is 2.82. The van der Waals surface area contributed by atoms with E-state index in [9.17, 15) is 9.59 Å². The van der Waals surface area contributed by atoms with Crippen molar-refractivity contribution in [3.63, 3.8) is 0 Å². The molecule has 0 bridgehead atoms. The summed E-state index contributed by atoms with van der Waals surface area (Å²) in [5, 5.41) is 16.5. The van der Waals surface area contributed by atoms with E-state index in [1.54, 1.807) is 13.8 Å². The molecule has 0 aromatic heterocycles. The van der Waals surface area contributed by atoms with Crippen LogP contribution in [0.5, 0.6) is 5.75 Å². The quantitative estimate of drug-likeness (QED) is 0.356. The molecule has 2 unspecified atom stereocenters. The molecule has 0 aliphatic carbocycles. The van der Waals surface area contributed by atoms with Crippen molar-refractivity contribution < 1.29 is 19.4 Å². The first kappa shape index (κ1) is 25.9. The molecule has 3 rings (SSSR count). The minimum absolute atomic E-state index is 0.167. The maximum atomic E-state index is 12.1. The van der Waals surface area contributed by atoms with Gasteiger partial charge in [0.15, 0.2) is 6.10 Å². The van der Waals surface area contributed by atoms with E-state index in [4.69, 9.17) is 9.84 Å². The van der Waals surface area contributed by atoms with E-state index in [1.165, 1.54) is 12.8 Å². The molecule has 2 atom stereocenters. The molecule has 176 valence electrons. The van der Waals surface area contributed by atoms with Crippen molar-refractivity contribution in [2.24, 2.45) is 0 Å². The molecule has 0 fully saturated rings. The highest BCUT2D eigenvalue weighted by molar-refractivity contribution is 5.94. The lowest BCUT2D eigenvalue weighted by Gasteiger charge is -2.15. The van der Waals surface area contributed by atoms with Crippen LogP contribution in [-0.2, 0) is 9.59 Å². The first-order valence-electron chi connectivity index (χ1n) is 11.4. The SMILES string of the molecule is CC(Oc1ccc2ccccc2c1)C(=O)Nc1ccccc1.CCCCCNC(C)C(=O)O. The highest BCUT2D eigenvalue weighted by Gasteiger charge is 2.15. The van der Waals surface area contributed by atoms with Crippen LogP contribution in [0.3, 0.4) is 0 Å². The Morgan fingerprint density at radius 2 is 1.58 bits per heavy atom. The molecule has 1 amide bonds. The molecule has 0 spiro atoms. The van der Waals surface area contributed by atoms with Gasteiger partial charge in [-0.1, -0.05) is 68.3 Å². The van der Waals surface area contributed by atoms with E-state index < -0.39 is 18.1 Å². The topological polar surface area (TPSA) is 87.7 Å². The van der Waals surface area contributed by atoms with Gasteiger partial charge in [-0.15, -0.1) is 0 Å². The first-order chi connectivity index (χ1) is 15.9. The summed E-state index contributed by atoms with van der Waals surface area (Å²) in [4.78, 5) is 22.4. The van der Waals surface area contributed by atoms with Gasteiger partial charge in [-0.05, 0) is 61.9 Å². The molecular weight excluding hydrogens is 416 g/mol. The van der Waals surface area contributed by atoms with Crippen molar-refractivity contribution in [3.05, 3.63) is 72.8 Å². The fourth-order valence-corrected chi connectivity index (χ4v) is 3.04. The van der Waals surface area contributed by atoms with Crippen LogP contribution in [0.4, 0.5) is 5.69 Å². The number of hydrogen-bond acceptors (Lipinski definition) is 4. The summed E-state index contributed by atoms with van der Waals surface area (Å²) in [6.45, 7) is 6.34. The maximum Gasteiger partial charge on any atom is 0.320 e. The number of aliphatic carboxylic acids is 1. The van der Waals surface area contributed by atoms with Crippen LogP contribution in [0.25, 0.3) is 10.8 Å². The van der Waals surface area contributed by atoms with Gasteiger partial charge in [0.1, 0.15) is 11.8 Å². The predicted molar refractivity (Wildman–Crippen MR) is 134 cm³/mol. The monoisotopic (exact) mass is 450 g/mol. The third-order valence-electron chi connectivity index (χ3n) is 5.05. The van der Waals surface area contributed by atoms with Crippen molar-refractivity contribution in [1.82, 2.24) is 5.32 Å². The van der Waals surface area contributed by atoms with Gasteiger partial charge < -0.3 is 20.5 Å². The van der Waals surface area contributed by atoms with E-state index in [2.05, 4.69) is 17.6 Å². The molecule has 3 aromatic rings. The minimum atomic E-state index is -0.776. The van der Waals surface area contributed by atoms with Gasteiger partial charge in [0, 0.05) is 5.69 Å². The first-order valence-corrected chi connectivity index (χ1v) is 11.4. The Balaban J connectivity index is 0.000000299. The number of carbonyl (C=O) groups excluding carboxylic acids is 1. The van der Waals surface area contributed by atoms with Crippen molar-refractivity contribution in [2.45, 2.75) is 52.2 Å². The van der Waals surface area contributed by atoms with Crippen LogP contribution in [0, 0.1) is 0 Å². The van der Waals surface area contributed by atoms with E-state index in [0.29, 0.717) is 5.75 Å². The number of carbonyl (C=O) groups is 2. The highest BCUT2D eigenvalue weighted by atomic mass is 16.5. The second-order valence-electron chi connectivity index (χ2n) is 7.85. The number of unbranched alkanes of at least 4 members (excludes halogenated alkanes) is 2. The third kappa shape index (κ3) is 9.33. The largest absolute Gasteiger partial charge is 0.481 e. The zero-order chi connectivity index (χ0) is 24.1. The highest BCUT2D eigenvalue weighted by Crippen LogP contribution is 2.21. The van der Waals surface area contributed by atoms with Crippen LogP contribution in [0.2, 0.25) is 0 Å². The lowest BCUT2D eigenvalue weighted by Crippen LogP contribution is -2.34. The van der Waals surface area contributed by atoms with E-state index in [-0.39, 0.29) is 5.91 Å². The summed E-state index contributed by atoms with van der Waals surface area (Å²) < 4.78 is 5.74. The van der Waals surface area contributed by atoms with Crippen molar-refractivity contribution in [1.29, 1.82) is 0 Å². The number of amides is 1. The number of ether oxygens (including phenoxy) is 1. The number of rotatable bonds is 10. The van der Waals surface area contributed by atoms with Gasteiger partial charge in [0.05, 0.1) is 0 Å². The Bertz CT molecular complexity index is 1010. The van der Waals surface area contributed by atoms with Crippen LogP contribution in [0.15, 0.2) is 72.8 Å². The Labute approximate surface area is 196 Å². The van der Waals surface area contributed by atoms with Gasteiger partial charge in [0.25, 0.3) is 5.91 Å². The molecule has 0 aliphatic rings. The summed E-state index contributed by atoms with van der Waals surface area (Å²) in [5.41, 5.74) is 0.765. The zero-order valence-corrected chi connectivity index (χ0v) is 19.6. The molecule has 6 nitrogen and oxygen atoms in total. The summed E-state index contributed by atoms with van der Waals surface area (Å²) in [6, 6.07) is 22.8. The van der Waals surface area contributed by atoms with Crippen molar-refractivity contribution in [3.8, 4) is 5.75 Å².